The third kappa shape index (κ3) is 3.23. The van der Waals surface area contributed by atoms with Gasteiger partial charge in [0, 0.05) is 11.6 Å². The standard InChI is InChI=1S/C18H18N2O3/c1-11-15(17(21)20-14-9-13(10-14)18(22)23)7-8-16(19-11)12-5-3-2-4-6-12/h2-8,13-14H,9-10H2,1H3,(H,20,21)(H,22,23). The number of carbonyl (C=O) groups is 2. The van der Waals surface area contributed by atoms with E-state index in [0.29, 0.717) is 24.1 Å². The van der Waals surface area contributed by atoms with Crippen molar-refractivity contribution in [2.45, 2.75) is 25.8 Å². The molecule has 23 heavy (non-hydrogen) atoms. The van der Waals surface area contributed by atoms with Crippen molar-refractivity contribution in [2.75, 3.05) is 0 Å². The first-order valence-electron chi connectivity index (χ1n) is 7.61. The van der Waals surface area contributed by atoms with Crippen LogP contribution in [-0.4, -0.2) is 28.0 Å². The minimum absolute atomic E-state index is 0.0585. The Hall–Kier alpha value is -2.69. The van der Waals surface area contributed by atoms with Crippen molar-refractivity contribution in [1.29, 1.82) is 0 Å². The summed E-state index contributed by atoms with van der Waals surface area (Å²) in [6, 6.07) is 13.3. The highest BCUT2D eigenvalue weighted by Crippen LogP contribution is 2.28. The Bertz CT molecular complexity index is 737. The molecule has 1 heterocycles. The highest BCUT2D eigenvalue weighted by molar-refractivity contribution is 5.95. The average Bonchev–Trinajstić information content (AvgIpc) is 2.50. The number of benzene rings is 1. The zero-order chi connectivity index (χ0) is 16.4. The Morgan fingerprint density at radius 2 is 1.83 bits per heavy atom. The maximum Gasteiger partial charge on any atom is 0.306 e. The van der Waals surface area contributed by atoms with Crippen LogP contribution in [0.5, 0.6) is 0 Å². The third-order valence-electron chi connectivity index (χ3n) is 4.22. The molecule has 0 radical (unpaired) electrons. The molecule has 0 aliphatic heterocycles. The van der Waals surface area contributed by atoms with Crippen LogP contribution in [0.25, 0.3) is 11.3 Å². The normalized spacial score (nSPS) is 19.7. The number of nitrogens with zero attached hydrogens (tertiary/aromatic N) is 1. The van der Waals surface area contributed by atoms with Gasteiger partial charge in [0.15, 0.2) is 0 Å². The highest BCUT2D eigenvalue weighted by atomic mass is 16.4. The largest absolute Gasteiger partial charge is 0.481 e. The molecule has 1 aromatic heterocycles. The Kier molecular flexibility index (Phi) is 4.10. The van der Waals surface area contributed by atoms with Gasteiger partial charge in [-0.1, -0.05) is 30.3 Å². The number of carbonyl (C=O) groups excluding carboxylic acids is 1. The van der Waals surface area contributed by atoms with Crippen LogP contribution < -0.4 is 5.32 Å². The van der Waals surface area contributed by atoms with Gasteiger partial charge in [-0.05, 0) is 31.9 Å². The Morgan fingerprint density at radius 3 is 2.43 bits per heavy atom. The Balaban J connectivity index is 1.69. The predicted octanol–water partition coefficient (Wildman–Crippen LogP) is 2.65. The summed E-state index contributed by atoms with van der Waals surface area (Å²) in [6.45, 7) is 1.81. The molecule has 2 N–H and O–H groups in total. The van der Waals surface area contributed by atoms with Crippen molar-refractivity contribution in [3.05, 3.63) is 53.7 Å². The van der Waals surface area contributed by atoms with Crippen LogP contribution in [0.2, 0.25) is 0 Å². The lowest BCUT2D eigenvalue weighted by molar-refractivity contribution is -0.145. The number of pyridine rings is 1. The minimum Gasteiger partial charge on any atom is -0.481 e. The van der Waals surface area contributed by atoms with Crippen molar-refractivity contribution >= 4 is 11.9 Å². The van der Waals surface area contributed by atoms with Gasteiger partial charge in [-0.15, -0.1) is 0 Å². The molecule has 2 aromatic rings. The number of nitrogens with one attached hydrogen (secondary N) is 1. The molecule has 1 fully saturated rings. The van der Waals surface area contributed by atoms with E-state index in [-0.39, 0.29) is 17.9 Å². The van der Waals surface area contributed by atoms with Crippen molar-refractivity contribution in [1.82, 2.24) is 10.3 Å². The molecule has 0 atom stereocenters. The van der Waals surface area contributed by atoms with Gasteiger partial charge in [-0.3, -0.25) is 14.6 Å². The Morgan fingerprint density at radius 1 is 1.13 bits per heavy atom. The maximum absolute atomic E-state index is 12.3. The first-order valence-corrected chi connectivity index (χ1v) is 7.61. The van der Waals surface area contributed by atoms with Crippen LogP contribution in [0.15, 0.2) is 42.5 Å². The summed E-state index contributed by atoms with van der Waals surface area (Å²) in [5.41, 5.74) is 3.03. The number of aryl methyl sites for hydroxylation is 1. The van der Waals surface area contributed by atoms with Gasteiger partial charge < -0.3 is 10.4 Å². The zero-order valence-electron chi connectivity index (χ0n) is 12.8. The quantitative estimate of drug-likeness (QED) is 0.910. The number of aromatic nitrogens is 1. The van der Waals surface area contributed by atoms with E-state index in [1.165, 1.54) is 0 Å². The second-order valence-electron chi connectivity index (χ2n) is 5.87. The molecule has 0 spiro atoms. The number of amides is 1. The molecule has 5 nitrogen and oxygen atoms in total. The van der Waals surface area contributed by atoms with E-state index in [1.807, 2.05) is 43.3 Å². The fourth-order valence-corrected chi connectivity index (χ4v) is 2.77. The van der Waals surface area contributed by atoms with Gasteiger partial charge >= 0.3 is 5.97 Å². The van der Waals surface area contributed by atoms with E-state index in [2.05, 4.69) is 10.3 Å². The summed E-state index contributed by atoms with van der Waals surface area (Å²) in [4.78, 5) is 27.6. The van der Waals surface area contributed by atoms with Gasteiger partial charge in [-0.2, -0.15) is 0 Å². The second-order valence-corrected chi connectivity index (χ2v) is 5.87. The van der Waals surface area contributed by atoms with Crippen molar-refractivity contribution in [2.24, 2.45) is 5.92 Å². The summed E-state index contributed by atoms with van der Waals surface area (Å²) in [5, 5.41) is 11.7. The van der Waals surface area contributed by atoms with Crippen LogP contribution in [0.3, 0.4) is 0 Å². The van der Waals surface area contributed by atoms with Crippen LogP contribution in [0.1, 0.15) is 28.9 Å². The van der Waals surface area contributed by atoms with E-state index < -0.39 is 5.97 Å². The summed E-state index contributed by atoms with van der Waals surface area (Å²) in [6.07, 6.45) is 0.991. The maximum atomic E-state index is 12.3. The molecule has 0 saturated heterocycles. The molecule has 0 unspecified atom stereocenters. The SMILES string of the molecule is Cc1nc(-c2ccccc2)ccc1C(=O)NC1CC(C(=O)O)C1. The fourth-order valence-electron chi connectivity index (χ4n) is 2.77. The molecule has 1 aliphatic carbocycles. The van der Waals surface area contributed by atoms with Crippen molar-refractivity contribution < 1.29 is 14.7 Å². The summed E-state index contributed by atoms with van der Waals surface area (Å²) >= 11 is 0. The smallest absolute Gasteiger partial charge is 0.306 e. The average molecular weight is 310 g/mol. The van der Waals surface area contributed by atoms with E-state index in [4.69, 9.17) is 5.11 Å². The lowest BCUT2D eigenvalue weighted by Gasteiger charge is -2.32. The molecular formula is C18H18N2O3. The van der Waals surface area contributed by atoms with Gasteiger partial charge in [-0.25, -0.2) is 0 Å². The van der Waals surface area contributed by atoms with Gasteiger partial charge in [0.05, 0.1) is 22.9 Å². The van der Waals surface area contributed by atoms with Crippen LogP contribution in [0.4, 0.5) is 0 Å². The topological polar surface area (TPSA) is 79.3 Å². The number of rotatable bonds is 4. The molecule has 118 valence electrons. The zero-order valence-corrected chi connectivity index (χ0v) is 12.8. The number of carboxylic acid groups (broad SMARTS) is 1. The van der Waals surface area contributed by atoms with Gasteiger partial charge in [0.2, 0.25) is 0 Å². The molecular weight excluding hydrogens is 292 g/mol. The number of hydrogen-bond acceptors (Lipinski definition) is 3. The first-order chi connectivity index (χ1) is 11.0. The minimum atomic E-state index is -0.791. The first kappa shape index (κ1) is 15.2. The molecule has 1 aliphatic rings. The number of carboxylic acids is 1. The molecule has 5 heteroatoms. The number of aliphatic carboxylic acids is 1. The molecule has 3 rings (SSSR count). The fraction of sp³-hybridized carbons (Fsp3) is 0.278. The highest BCUT2D eigenvalue weighted by Gasteiger charge is 2.35. The van der Waals surface area contributed by atoms with E-state index in [0.717, 1.165) is 11.3 Å². The summed E-state index contributed by atoms with van der Waals surface area (Å²) < 4.78 is 0. The van der Waals surface area contributed by atoms with Crippen LogP contribution in [0, 0.1) is 12.8 Å². The monoisotopic (exact) mass is 310 g/mol. The molecule has 1 amide bonds. The van der Waals surface area contributed by atoms with Gasteiger partial charge in [0.25, 0.3) is 5.91 Å². The predicted molar refractivity (Wildman–Crippen MR) is 86.0 cm³/mol. The van der Waals surface area contributed by atoms with Crippen molar-refractivity contribution in [3.8, 4) is 11.3 Å². The molecule has 1 saturated carbocycles. The van der Waals surface area contributed by atoms with E-state index in [9.17, 15) is 9.59 Å². The van der Waals surface area contributed by atoms with E-state index >= 15 is 0 Å². The molecule has 0 bridgehead atoms. The lowest BCUT2D eigenvalue weighted by Crippen LogP contribution is -2.46. The Labute approximate surface area is 134 Å². The summed E-state index contributed by atoms with van der Waals surface area (Å²) in [5.74, 6) is -1.32. The second kappa shape index (κ2) is 6.20. The third-order valence-corrected chi connectivity index (χ3v) is 4.22. The van der Waals surface area contributed by atoms with Crippen LogP contribution >= 0.6 is 0 Å². The van der Waals surface area contributed by atoms with Crippen molar-refractivity contribution in [3.63, 3.8) is 0 Å². The lowest BCUT2D eigenvalue weighted by atomic mass is 9.80. The molecule has 1 aromatic carbocycles. The van der Waals surface area contributed by atoms with Gasteiger partial charge in [0.1, 0.15) is 0 Å². The van der Waals surface area contributed by atoms with E-state index in [1.54, 1.807) is 6.07 Å². The summed E-state index contributed by atoms with van der Waals surface area (Å²) in [7, 11) is 0. The van der Waals surface area contributed by atoms with Crippen LogP contribution in [-0.2, 0) is 4.79 Å². The number of hydrogen-bond donors (Lipinski definition) is 2.